The normalized spacial score (nSPS) is 18.4. The van der Waals surface area contributed by atoms with E-state index in [0.29, 0.717) is 24.0 Å². The van der Waals surface area contributed by atoms with Crippen molar-refractivity contribution >= 4 is 23.6 Å². The van der Waals surface area contributed by atoms with Gasteiger partial charge in [0.05, 0.1) is 11.7 Å². The van der Waals surface area contributed by atoms with E-state index in [1.165, 1.54) is 12.8 Å². The molecule has 1 aromatic heterocycles. The van der Waals surface area contributed by atoms with Gasteiger partial charge in [0.15, 0.2) is 0 Å². The fourth-order valence-corrected chi connectivity index (χ4v) is 2.91. The molecule has 0 radical (unpaired) electrons. The molecule has 5 nitrogen and oxygen atoms in total. The van der Waals surface area contributed by atoms with E-state index in [1.807, 2.05) is 35.1 Å². The number of hydrogen-bond acceptors (Lipinski definition) is 3. The third-order valence-electron chi connectivity index (χ3n) is 4.38. The molecule has 2 heterocycles. The molecule has 2 aromatic rings. The van der Waals surface area contributed by atoms with E-state index in [-0.39, 0.29) is 11.9 Å². The highest BCUT2D eigenvalue weighted by Gasteiger charge is 2.33. The number of carbonyl (C=O) groups is 1. The Balaban J connectivity index is 1.34. The average Bonchev–Trinajstić information content (AvgIpc) is 3.24. The van der Waals surface area contributed by atoms with Gasteiger partial charge in [-0.25, -0.2) is 4.68 Å². The first-order chi connectivity index (χ1) is 11.2. The summed E-state index contributed by atoms with van der Waals surface area (Å²) in [5, 5.41) is 9.06. The maximum Gasteiger partial charge on any atom is 0.246 e. The van der Waals surface area contributed by atoms with E-state index in [4.69, 9.17) is 11.6 Å². The van der Waals surface area contributed by atoms with Crippen molar-refractivity contribution in [1.82, 2.24) is 19.9 Å². The lowest BCUT2D eigenvalue weighted by Gasteiger charge is -2.38. The highest BCUT2D eigenvalue weighted by Crippen LogP contribution is 2.39. The quantitative estimate of drug-likeness (QED) is 0.811. The van der Waals surface area contributed by atoms with Crippen LogP contribution in [0.3, 0.4) is 0 Å². The Labute approximate surface area is 139 Å². The molecular weight excluding hydrogens is 312 g/mol. The molecule has 118 valence electrons. The van der Waals surface area contributed by atoms with Crippen LogP contribution in [-0.4, -0.2) is 38.9 Å². The van der Waals surface area contributed by atoms with Crippen LogP contribution in [0, 0.1) is 0 Å². The van der Waals surface area contributed by atoms with E-state index in [1.54, 1.807) is 17.1 Å². The summed E-state index contributed by atoms with van der Waals surface area (Å²) in [5.74, 6) is 0.615. The first-order valence-corrected chi connectivity index (χ1v) is 8.22. The standard InChI is InChI=1S/C17H17ClN4O/c18-15-4-2-1-3-12(15)7-8-17(23)21-9-14(10-21)22-11-16(19-20-22)13-5-6-13/h1-4,7-8,11,13-14H,5-6,9-10H2/b8-7+. The van der Waals surface area contributed by atoms with Crippen molar-refractivity contribution in [2.24, 2.45) is 0 Å². The van der Waals surface area contributed by atoms with Gasteiger partial charge in [-0.15, -0.1) is 5.10 Å². The summed E-state index contributed by atoms with van der Waals surface area (Å²) in [6, 6.07) is 7.72. The summed E-state index contributed by atoms with van der Waals surface area (Å²) < 4.78 is 1.90. The molecule has 2 aliphatic rings. The van der Waals surface area contributed by atoms with Crippen LogP contribution in [-0.2, 0) is 4.79 Å². The number of halogens is 1. The van der Waals surface area contributed by atoms with Crippen LogP contribution in [0.5, 0.6) is 0 Å². The predicted molar refractivity (Wildman–Crippen MR) is 88.1 cm³/mol. The number of amides is 1. The number of aromatic nitrogens is 3. The lowest BCUT2D eigenvalue weighted by molar-refractivity contribution is -0.131. The number of benzene rings is 1. The largest absolute Gasteiger partial charge is 0.335 e. The molecule has 1 saturated heterocycles. The fraction of sp³-hybridized carbons (Fsp3) is 0.353. The van der Waals surface area contributed by atoms with Gasteiger partial charge in [0.1, 0.15) is 0 Å². The van der Waals surface area contributed by atoms with Crippen LogP contribution in [0.25, 0.3) is 6.08 Å². The lowest BCUT2D eigenvalue weighted by Crippen LogP contribution is -2.50. The maximum atomic E-state index is 12.2. The Morgan fingerprint density at radius 1 is 1.26 bits per heavy atom. The van der Waals surface area contributed by atoms with Crippen molar-refractivity contribution in [2.45, 2.75) is 24.8 Å². The minimum absolute atomic E-state index is 0.00343. The van der Waals surface area contributed by atoms with Crippen molar-refractivity contribution in [3.63, 3.8) is 0 Å². The lowest BCUT2D eigenvalue weighted by atomic mass is 10.1. The van der Waals surface area contributed by atoms with E-state index < -0.39 is 0 Å². The van der Waals surface area contributed by atoms with Crippen LogP contribution < -0.4 is 0 Å². The topological polar surface area (TPSA) is 51.0 Å². The zero-order chi connectivity index (χ0) is 15.8. The second kappa shape index (κ2) is 5.81. The molecule has 1 aliphatic carbocycles. The monoisotopic (exact) mass is 328 g/mol. The minimum Gasteiger partial charge on any atom is -0.335 e. The molecule has 2 fully saturated rings. The maximum absolute atomic E-state index is 12.2. The highest BCUT2D eigenvalue weighted by molar-refractivity contribution is 6.32. The van der Waals surface area contributed by atoms with E-state index in [2.05, 4.69) is 10.3 Å². The van der Waals surface area contributed by atoms with Gasteiger partial charge in [-0.1, -0.05) is 35.0 Å². The third-order valence-corrected chi connectivity index (χ3v) is 4.73. The number of rotatable bonds is 4. The fourth-order valence-electron chi connectivity index (χ4n) is 2.71. The molecular formula is C17H17ClN4O. The second-order valence-corrected chi connectivity index (χ2v) is 6.56. The summed E-state index contributed by atoms with van der Waals surface area (Å²) in [6.07, 6.45) is 7.82. The van der Waals surface area contributed by atoms with Gasteiger partial charge in [-0.2, -0.15) is 0 Å². The molecule has 1 aromatic carbocycles. The highest BCUT2D eigenvalue weighted by atomic mass is 35.5. The van der Waals surface area contributed by atoms with E-state index in [9.17, 15) is 4.79 Å². The Kier molecular flexibility index (Phi) is 3.65. The molecule has 0 bridgehead atoms. The van der Waals surface area contributed by atoms with Gasteiger partial charge in [0.25, 0.3) is 0 Å². The van der Waals surface area contributed by atoms with Crippen LogP contribution in [0.1, 0.15) is 36.1 Å². The zero-order valence-electron chi connectivity index (χ0n) is 12.6. The molecule has 6 heteroatoms. The number of likely N-dealkylation sites (tertiary alicyclic amines) is 1. The Hall–Kier alpha value is -2.14. The number of carbonyl (C=O) groups excluding carboxylic acids is 1. The van der Waals surface area contributed by atoms with Gasteiger partial charge in [0, 0.05) is 36.3 Å². The van der Waals surface area contributed by atoms with Gasteiger partial charge >= 0.3 is 0 Å². The summed E-state index contributed by atoms with van der Waals surface area (Å²) in [5.41, 5.74) is 1.94. The van der Waals surface area contributed by atoms with Gasteiger partial charge < -0.3 is 4.90 Å². The van der Waals surface area contributed by atoms with Crippen LogP contribution >= 0.6 is 11.6 Å². The third kappa shape index (κ3) is 3.01. The second-order valence-electron chi connectivity index (χ2n) is 6.15. The van der Waals surface area contributed by atoms with Crippen molar-refractivity contribution < 1.29 is 4.79 Å². The molecule has 0 unspecified atom stereocenters. The predicted octanol–water partition coefficient (Wildman–Crippen LogP) is 2.91. The van der Waals surface area contributed by atoms with Crippen LogP contribution in [0.4, 0.5) is 0 Å². The first-order valence-electron chi connectivity index (χ1n) is 7.84. The van der Waals surface area contributed by atoms with Crippen molar-refractivity contribution in [1.29, 1.82) is 0 Å². The Morgan fingerprint density at radius 2 is 2.04 bits per heavy atom. The summed E-state index contributed by atoms with van der Waals surface area (Å²) in [4.78, 5) is 14.0. The van der Waals surface area contributed by atoms with Crippen LogP contribution in [0.2, 0.25) is 5.02 Å². The SMILES string of the molecule is O=C(/C=C/c1ccccc1Cl)N1CC(n2cc(C3CC3)nn2)C1. The Bertz CT molecular complexity index is 759. The van der Waals surface area contributed by atoms with E-state index in [0.717, 1.165) is 11.3 Å². The van der Waals surface area contributed by atoms with Gasteiger partial charge in [-0.05, 0) is 30.5 Å². The smallest absolute Gasteiger partial charge is 0.246 e. The molecule has 1 saturated carbocycles. The molecule has 0 spiro atoms. The van der Waals surface area contributed by atoms with Gasteiger partial charge in [-0.3, -0.25) is 4.79 Å². The van der Waals surface area contributed by atoms with E-state index >= 15 is 0 Å². The average molecular weight is 329 g/mol. The van der Waals surface area contributed by atoms with Crippen molar-refractivity contribution in [2.75, 3.05) is 13.1 Å². The Morgan fingerprint density at radius 3 is 2.78 bits per heavy atom. The molecule has 0 atom stereocenters. The van der Waals surface area contributed by atoms with Crippen LogP contribution in [0.15, 0.2) is 36.5 Å². The van der Waals surface area contributed by atoms with Gasteiger partial charge in [0.2, 0.25) is 5.91 Å². The summed E-state index contributed by atoms with van der Waals surface area (Å²) in [7, 11) is 0. The summed E-state index contributed by atoms with van der Waals surface area (Å²) in [6.45, 7) is 1.36. The van der Waals surface area contributed by atoms with Crippen molar-refractivity contribution in [3.8, 4) is 0 Å². The molecule has 23 heavy (non-hydrogen) atoms. The first kappa shape index (κ1) is 14.5. The zero-order valence-corrected chi connectivity index (χ0v) is 13.4. The number of hydrogen-bond donors (Lipinski definition) is 0. The molecule has 0 N–H and O–H groups in total. The summed E-state index contributed by atoms with van der Waals surface area (Å²) >= 11 is 6.08. The van der Waals surface area contributed by atoms with Crippen molar-refractivity contribution in [3.05, 3.63) is 52.8 Å². The molecule has 4 rings (SSSR count). The molecule has 1 aliphatic heterocycles. The minimum atomic E-state index is 0.00343. The number of nitrogens with zero attached hydrogens (tertiary/aromatic N) is 4. The molecule has 1 amide bonds.